The maximum atomic E-state index is 12.1. The van der Waals surface area contributed by atoms with Crippen LogP contribution in [0.2, 0.25) is 0 Å². The number of oxime groups is 1. The van der Waals surface area contributed by atoms with E-state index in [1.807, 2.05) is 19.1 Å². The number of aryl methyl sites for hydroxylation is 1. The van der Waals surface area contributed by atoms with Gasteiger partial charge in [-0.2, -0.15) is 0 Å². The van der Waals surface area contributed by atoms with E-state index in [0.717, 1.165) is 23.3 Å². The third-order valence-electron chi connectivity index (χ3n) is 4.66. The molecule has 0 aliphatic heterocycles. The van der Waals surface area contributed by atoms with E-state index in [4.69, 9.17) is 4.84 Å². The van der Waals surface area contributed by atoms with Gasteiger partial charge in [-0.05, 0) is 38.0 Å². The maximum Gasteiger partial charge on any atom is 0.365 e. The lowest BCUT2D eigenvalue weighted by Gasteiger charge is -2.21. The lowest BCUT2D eigenvalue weighted by Crippen LogP contribution is -2.08. The van der Waals surface area contributed by atoms with Gasteiger partial charge in [0, 0.05) is 27.8 Å². The SMILES string of the molecule is Cc1ccc(C(=O)O/N=C\c2cc([N+](=O)[O-])ccc2SC2CCCCC2)cc1. The van der Waals surface area contributed by atoms with E-state index < -0.39 is 10.9 Å². The molecular weight excluding hydrogens is 376 g/mol. The Hall–Kier alpha value is -2.67. The Morgan fingerprint density at radius 3 is 2.57 bits per heavy atom. The Kier molecular flexibility index (Phi) is 6.81. The number of nitro benzene ring substituents is 1. The zero-order valence-corrected chi connectivity index (χ0v) is 16.5. The summed E-state index contributed by atoms with van der Waals surface area (Å²) in [4.78, 5) is 28.6. The molecular formula is C21H22N2O4S. The summed E-state index contributed by atoms with van der Waals surface area (Å²) in [5, 5.41) is 15.4. The average molecular weight is 398 g/mol. The fourth-order valence-corrected chi connectivity index (χ4v) is 4.42. The van der Waals surface area contributed by atoms with Crippen molar-refractivity contribution in [3.8, 4) is 0 Å². The Labute approximate surface area is 168 Å². The Morgan fingerprint density at radius 2 is 1.89 bits per heavy atom. The smallest absolute Gasteiger partial charge is 0.313 e. The van der Waals surface area contributed by atoms with Crippen LogP contribution in [0.15, 0.2) is 52.5 Å². The first-order valence-electron chi connectivity index (χ1n) is 9.29. The van der Waals surface area contributed by atoms with E-state index in [9.17, 15) is 14.9 Å². The number of thioether (sulfide) groups is 1. The second kappa shape index (κ2) is 9.50. The fourth-order valence-electron chi connectivity index (χ4n) is 3.09. The van der Waals surface area contributed by atoms with E-state index in [-0.39, 0.29) is 5.69 Å². The second-order valence-electron chi connectivity index (χ2n) is 6.84. The van der Waals surface area contributed by atoms with Gasteiger partial charge in [0.25, 0.3) is 5.69 Å². The molecule has 3 rings (SSSR count). The first-order chi connectivity index (χ1) is 13.5. The molecule has 0 radical (unpaired) electrons. The molecule has 1 aliphatic rings. The van der Waals surface area contributed by atoms with Crippen LogP contribution >= 0.6 is 11.8 Å². The minimum absolute atomic E-state index is 0.0145. The van der Waals surface area contributed by atoms with E-state index in [1.165, 1.54) is 37.6 Å². The van der Waals surface area contributed by atoms with Gasteiger partial charge in [0.2, 0.25) is 0 Å². The molecule has 0 heterocycles. The van der Waals surface area contributed by atoms with E-state index in [1.54, 1.807) is 30.0 Å². The Balaban J connectivity index is 1.74. The minimum Gasteiger partial charge on any atom is -0.313 e. The van der Waals surface area contributed by atoms with Crippen LogP contribution in [0.25, 0.3) is 0 Å². The van der Waals surface area contributed by atoms with Gasteiger partial charge in [-0.25, -0.2) is 4.79 Å². The van der Waals surface area contributed by atoms with Gasteiger partial charge in [0.05, 0.1) is 16.7 Å². The highest BCUT2D eigenvalue weighted by atomic mass is 32.2. The first kappa shape index (κ1) is 20.1. The standard InChI is InChI=1S/C21H22N2O4S/c1-15-7-9-16(10-8-15)21(24)27-22-14-17-13-18(23(25)26)11-12-20(17)28-19-5-3-2-4-6-19/h7-14,19H,2-6H2,1H3/b22-14-. The molecule has 0 N–H and O–H groups in total. The van der Waals surface area contributed by atoms with Crippen molar-refractivity contribution in [1.29, 1.82) is 0 Å². The number of rotatable bonds is 6. The molecule has 1 aliphatic carbocycles. The Morgan fingerprint density at radius 1 is 1.18 bits per heavy atom. The van der Waals surface area contributed by atoms with E-state index in [0.29, 0.717) is 16.4 Å². The second-order valence-corrected chi connectivity index (χ2v) is 8.18. The van der Waals surface area contributed by atoms with Crippen LogP contribution in [0.3, 0.4) is 0 Å². The van der Waals surface area contributed by atoms with Gasteiger partial charge in [-0.15, -0.1) is 11.8 Å². The molecule has 146 valence electrons. The molecule has 2 aromatic rings. The van der Waals surface area contributed by atoms with Crippen molar-refractivity contribution in [2.75, 3.05) is 0 Å². The van der Waals surface area contributed by atoms with Gasteiger partial charge in [-0.1, -0.05) is 42.1 Å². The Bertz CT molecular complexity index is 874. The van der Waals surface area contributed by atoms with Crippen LogP contribution in [-0.4, -0.2) is 22.4 Å². The number of hydrogen-bond donors (Lipinski definition) is 0. The number of non-ortho nitro benzene ring substituents is 1. The van der Waals surface area contributed by atoms with Gasteiger partial charge in [0.1, 0.15) is 0 Å². The van der Waals surface area contributed by atoms with Crippen molar-refractivity contribution >= 4 is 29.6 Å². The lowest BCUT2D eigenvalue weighted by molar-refractivity contribution is -0.384. The highest BCUT2D eigenvalue weighted by Crippen LogP contribution is 2.36. The first-order valence-corrected chi connectivity index (χ1v) is 10.2. The predicted molar refractivity (Wildman–Crippen MR) is 110 cm³/mol. The average Bonchev–Trinajstić information content (AvgIpc) is 2.70. The van der Waals surface area contributed by atoms with Gasteiger partial charge < -0.3 is 4.84 Å². The highest BCUT2D eigenvalue weighted by Gasteiger charge is 2.18. The lowest BCUT2D eigenvalue weighted by atomic mass is 10.0. The minimum atomic E-state index is -0.567. The maximum absolute atomic E-state index is 12.1. The van der Waals surface area contributed by atoms with Crippen molar-refractivity contribution in [3.05, 3.63) is 69.3 Å². The van der Waals surface area contributed by atoms with Crippen LogP contribution < -0.4 is 0 Å². The van der Waals surface area contributed by atoms with Crippen molar-refractivity contribution < 1.29 is 14.6 Å². The molecule has 2 aromatic carbocycles. The van der Waals surface area contributed by atoms with Crippen LogP contribution in [0, 0.1) is 17.0 Å². The summed E-state index contributed by atoms with van der Waals surface area (Å²) in [7, 11) is 0. The monoisotopic (exact) mass is 398 g/mol. The van der Waals surface area contributed by atoms with Gasteiger partial charge in [-0.3, -0.25) is 10.1 Å². The molecule has 0 unspecified atom stereocenters. The summed E-state index contributed by atoms with van der Waals surface area (Å²) in [5.74, 6) is -0.567. The third-order valence-corrected chi connectivity index (χ3v) is 6.10. The molecule has 0 bridgehead atoms. The third kappa shape index (κ3) is 5.42. The summed E-state index contributed by atoms with van der Waals surface area (Å²) in [5.41, 5.74) is 2.01. The number of nitrogens with zero attached hydrogens (tertiary/aromatic N) is 2. The van der Waals surface area contributed by atoms with E-state index in [2.05, 4.69) is 5.16 Å². The van der Waals surface area contributed by atoms with Crippen LogP contribution in [0.1, 0.15) is 53.6 Å². The molecule has 0 amide bonds. The van der Waals surface area contributed by atoms with Crippen LogP contribution in [-0.2, 0) is 4.84 Å². The summed E-state index contributed by atoms with van der Waals surface area (Å²) in [6.45, 7) is 1.93. The summed E-state index contributed by atoms with van der Waals surface area (Å²) < 4.78 is 0. The zero-order chi connectivity index (χ0) is 19.9. The quantitative estimate of drug-likeness (QED) is 0.277. The molecule has 7 heteroatoms. The summed E-state index contributed by atoms with van der Waals surface area (Å²) >= 11 is 1.71. The molecule has 1 saturated carbocycles. The number of hydrogen-bond acceptors (Lipinski definition) is 6. The normalized spacial score (nSPS) is 14.9. The van der Waals surface area contributed by atoms with Crippen molar-refractivity contribution in [2.45, 2.75) is 49.2 Å². The van der Waals surface area contributed by atoms with E-state index >= 15 is 0 Å². The van der Waals surface area contributed by atoms with Crippen molar-refractivity contribution in [3.63, 3.8) is 0 Å². The molecule has 28 heavy (non-hydrogen) atoms. The number of carbonyl (C=O) groups is 1. The van der Waals surface area contributed by atoms with Crippen molar-refractivity contribution in [1.82, 2.24) is 0 Å². The molecule has 1 fully saturated rings. The molecule has 0 aromatic heterocycles. The van der Waals surface area contributed by atoms with Crippen molar-refractivity contribution in [2.24, 2.45) is 5.16 Å². The fraction of sp³-hybridized carbons (Fsp3) is 0.333. The molecule has 0 atom stereocenters. The molecule has 6 nitrogen and oxygen atoms in total. The van der Waals surface area contributed by atoms with Gasteiger partial charge in [0.15, 0.2) is 0 Å². The topological polar surface area (TPSA) is 81.8 Å². The largest absolute Gasteiger partial charge is 0.365 e. The summed E-state index contributed by atoms with van der Waals surface area (Å²) in [6.07, 6.45) is 7.34. The number of benzene rings is 2. The van der Waals surface area contributed by atoms with Crippen LogP contribution in [0.4, 0.5) is 5.69 Å². The van der Waals surface area contributed by atoms with Gasteiger partial charge >= 0.3 is 5.97 Å². The molecule has 0 spiro atoms. The predicted octanol–water partition coefficient (Wildman–Crippen LogP) is 5.52. The number of nitro groups is 1. The zero-order valence-electron chi connectivity index (χ0n) is 15.7. The summed E-state index contributed by atoms with van der Waals surface area (Å²) in [6, 6.07) is 11.7. The van der Waals surface area contributed by atoms with Crippen LogP contribution in [0.5, 0.6) is 0 Å². The highest BCUT2D eigenvalue weighted by molar-refractivity contribution is 8.00. The number of carbonyl (C=O) groups excluding carboxylic acids is 1. The molecule has 0 saturated heterocycles.